The summed E-state index contributed by atoms with van der Waals surface area (Å²) in [6, 6.07) is 0. The highest BCUT2D eigenvalue weighted by atomic mass is 16.3. The van der Waals surface area contributed by atoms with Crippen LogP contribution in [0.4, 0.5) is 0 Å². The smallest absolute Gasteiger partial charge is 0.0591 e. The summed E-state index contributed by atoms with van der Waals surface area (Å²) < 4.78 is 57.3. The molecule has 0 radical (unpaired) electrons. The van der Waals surface area contributed by atoms with Gasteiger partial charge in [-0.1, -0.05) is 19.8 Å². The average Bonchev–Trinajstić information content (AvgIpc) is 1.98. The van der Waals surface area contributed by atoms with Gasteiger partial charge in [-0.05, 0) is 20.1 Å². The molecule has 0 spiro atoms. The van der Waals surface area contributed by atoms with Gasteiger partial charge in [-0.15, -0.1) is 0 Å². The lowest BCUT2D eigenvalue weighted by Gasteiger charge is -2.15. The van der Waals surface area contributed by atoms with Crippen molar-refractivity contribution in [3.63, 3.8) is 0 Å². The van der Waals surface area contributed by atoms with Crippen LogP contribution in [0.15, 0.2) is 0 Å². The lowest BCUT2D eigenvalue weighted by Crippen LogP contribution is -2.17. The average molecular weight is 124 g/mol. The molecule has 1 nitrogen and oxygen atoms in total. The van der Waals surface area contributed by atoms with Gasteiger partial charge in [0, 0.05) is 11.0 Å². The van der Waals surface area contributed by atoms with E-state index in [0.717, 1.165) is 0 Å². The van der Waals surface area contributed by atoms with Crippen molar-refractivity contribution >= 4 is 0 Å². The van der Waals surface area contributed by atoms with Crippen LogP contribution in [0.3, 0.4) is 0 Å². The van der Waals surface area contributed by atoms with Crippen LogP contribution in [-0.4, -0.2) is 10.7 Å². The van der Waals surface area contributed by atoms with E-state index in [-0.39, 0.29) is 12.8 Å². The lowest BCUT2D eigenvalue weighted by atomic mass is 10.0. The molecule has 50 valence electrons. The van der Waals surface area contributed by atoms with Crippen molar-refractivity contribution in [2.45, 2.75) is 45.4 Å². The molecule has 0 aromatic carbocycles. The highest BCUT2D eigenvalue weighted by Gasteiger charge is 2.09. The fraction of sp³-hybridized carbons (Fsp3) is 1.00. The third-order valence-corrected chi connectivity index (χ3v) is 0.631. The molecule has 0 bridgehead atoms. The van der Waals surface area contributed by atoms with Gasteiger partial charge in [0.15, 0.2) is 0 Å². The maximum atomic E-state index is 9.84. The van der Waals surface area contributed by atoms with Crippen molar-refractivity contribution in [3.8, 4) is 0 Å². The molecule has 0 aromatic rings. The van der Waals surface area contributed by atoms with Gasteiger partial charge in [0.25, 0.3) is 0 Å². The van der Waals surface area contributed by atoms with E-state index in [1.54, 1.807) is 6.92 Å². The highest BCUT2D eigenvalue weighted by Crippen LogP contribution is 2.10. The molecule has 0 saturated carbocycles. The molecular weight excluding hydrogens is 100 g/mol. The zero-order valence-corrected chi connectivity index (χ0v) is 4.86. The van der Waals surface area contributed by atoms with Crippen molar-refractivity contribution < 1.29 is 16.1 Å². The Morgan fingerprint density at radius 2 is 2.38 bits per heavy atom. The Hall–Kier alpha value is -0.0400. The van der Waals surface area contributed by atoms with Crippen LogP contribution in [0.1, 0.15) is 50.8 Å². The van der Waals surface area contributed by atoms with Crippen LogP contribution >= 0.6 is 0 Å². The van der Waals surface area contributed by atoms with Gasteiger partial charge in [-0.3, -0.25) is 0 Å². The Bertz CT molecular complexity index is 226. The molecule has 0 aromatic heterocycles. The van der Waals surface area contributed by atoms with Crippen LogP contribution in [0.25, 0.3) is 0 Å². The maximum absolute atomic E-state index is 9.84. The van der Waals surface area contributed by atoms with Crippen LogP contribution in [0.5, 0.6) is 0 Å². The van der Waals surface area contributed by atoms with Crippen molar-refractivity contribution in [2.24, 2.45) is 0 Å². The largest absolute Gasteiger partial charge is 0.390 e. The van der Waals surface area contributed by atoms with Crippen LogP contribution in [-0.2, 0) is 0 Å². The molecule has 0 aliphatic heterocycles. The van der Waals surface area contributed by atoms with Gasteiger partial charge in [0.05, 0.1) is 5.60 Å². The normalized spacial score (nSPS) is 31.8. The van der Waals surface area contributed by atoms with E-state index in [0.29, 0.717) is 0 Å². The van der Waals surface area contributed by atoms with Gasteiger partial charge < -0.3 is 5.11 Å². The monoisotopic (exact) mass is 124 g/mol. The minimum absolute atomic E-state index is 0.238. The molecule has 0 rings (SSSR count). The first-order chi connectivity index (χ1) is 6.81. The second kappa shape index (κ2) is 3.08. The van der Waals surface area contributed by atoms with Crippen molar-refractivity contribution in [3.05, 3.63) is 0 Å². The van der Waals surface area contributed by atoms with E-state index in [4.69, 9.17) is 11.0 Å². The summed E-state index contributed by atoms with van der Waals surface area (Å²) in [5.74, 6) is 0. The number of hydrogen-bond donors (Lipinski definition) is 1. The lowest BCUT2D eigenvalue weighted by molar-refractivity contribution is 0.0686. The van der Waals surface area contributed by atoms with Crippen molar-refractivity contribution in [2.75, 3.05) is 0 Å². The molecule has 1 N–H and O–H groups in total. The fourth-order valence-corrected chi connectivity index (χ4v) is 0.306. The summed E-state index contributed by atoms with van der Waals surface area (Å²) in [7, 11) is 0. The summed E-state index contributed by atoms with van der Waals surface area (Å²) in [5.41, 5.74) is -3.34. The van der Waals surface area contributed by atoms with E-state index in [9.17, 15) is 5.11 Å². The van der Waals surface area contributed by atoms with Crippen LogP contribution in [0.2, 0.25) is 0 Å². The van der Waals surface area contributed by atoms with Crippen molar-refractivity contribution in [1.82, 2.24) is 0 Å². The van der Waals surface area contributed by atoms with Gasteiger partial charge in [0.1, 0.15) is 0 Å². The second-order valence-electron chi connectivity index (χ2n) is 1.64. The molecule has 0 atom stereocenters. The fourth-order valence-electron chi connectivity index (χ4n) is 0.306. The highest BCUT2D eigenvalue weighted by molar-refractivity contribution is 4.63. The summed E-state index contributed by atoms with van der Waals surface area (Å²) in [6.45, 7) is -5.04. The minimum atomic E-state index is -3.34. The van der Waals surface area contributed by atoms with E-state index in [2.05, 4.69) is 0 Å². The maximum Gasteiger partial charge on any atom is 0.0591 e. The first kappa shape index (κ1) is 1.72. The minimum Gasteiger partial charge on any atom is -0.390 e. The Kier molecular flexibility index (Phi) is 0.663. The Balaban J connectivity index is 5.61. The zero-order chi connectivity index (χ0) is 13.4. The molecule has 0 aliphatic carbocycles. The van der Waals surface area contributed by atoms with Crippen molar-refractivity contribution in [1.29, 1.82) is 0 Å². The van der Waals surface area contributed by atoms with Gasteiger partial charge in [-0.2, -0.15) is 0 Å². The van der Waals surface area contributed by atoms with Crippen LogP contribution < -0.4 is 0 Å². The molecule has 0 fully saturated rings. The SMILES string of the molecule is [2H]C([2H])([2H])C(O)(C([2H])([2H])[2H])C([2H])([2H])CCC. The molecule has 0 aliphatic rings. The first-order valence-corrected chi connectivity index (χ1v) is 2.53. The van der Waals surface area contributed by atoms with E-state index < -0.39 is 25.7 Å². The third kappa shape index (κ3) is 5.96. The second-order valence-corrected chi connectivity index (χ2v) is 1.64. The molecular formula is C7H16O. The van der Waals surface area contributed by atoms with Gasteiger partial charge >= 0.3 is 0 Å². The summed E-state index contributed by atoms with van der Waals surface area (Å²) >= 11 is 0. The molecule has 0 amide bonds. The molecule has 0 unspecified atom stereocenters. The Labute approximate surface area is 63.0 Å². The van der Waals surface area contributed by atoms with E-state index in [1.165, 1.54) is 0 Å². The summed E-state index contributed by atoms with van der Waals surface area (Å²) in [6.07, 6.45) is -2.79. The molecule has 8 heavy (non-hydrogen) atoms. The Morgan fingerprint density at radius 3 is 2.75 bits per heavy atom. The predicted octanol–water partition coefficient (Wildman–Crippen LogP) is 1.95. The Morgan fingerprint density at radius 1 is 1.75 bits per heavy atom. The third-order valence-electron chi connectivity index (χ3n) is 0.631. The number of hydrogen-bond acceptors (Lipinski definition) is 1. The summed E-state index contributed by atoms with van der Waals surface area (Å²) in [5, 5.41) is 9.84. The molecule has 1 heteroatoms. The topological polar surface area (TPSA) is 20.2 Å². The summed E-state index contributed by atoms with van der Waals surface area (Å²) in [4.78, 5) is 0. The van der Waals surface area contributed by atoms with Gasteiger partial charge in [0.2, 0.25) is 0 Å². The zero-order valence-electron chi connectivity index (χ0n) is 12.9. The first-order valence-electron chi connectivity index (χ1n) is 6.53. The predicted molar refractivity (Wildman–Crippen MR) is 35.8 cm³/mol. The number of aliphatic hydroxyl groups is 1. The van der Waals surface area contributed by atoms with Crippen LogP contribution in [0, 0.1) is 0 Å². The van der Waals surface area contributed by atoms with Gasteiger partial charge in [-0.25, -0.2) is 0 Å². The quantitative estimate of drug-likeness (QED) is 0.609. The van der Waals surface area contributed by atoms with E-state index >= 15 is 0 Å². The molecule has 0 saturated heterocycles. The standard InChI is InChI=1S/C7H16O/c1-4-5-6-7(2,3)8/h8H,4-6H2,1-3H3/i2D3,3D3,6D2. The van der Waals surface area contributed by atoms with E-state index in [1.807, 2.05) is 0 Å². The molecule has 0 heterocycles. The number of rotatable bonds is 3.